The van der Waals surface area contributed by atoms with Gasteiger partial charge in [0.05, 0.1) is 5.02 Å². The SMILES string of the molecule is CCc1cc(CN)cc(Oc2cccc(Cl)c2F)n1. The normalized spacial score (nSPS) is 10.5. The molecule has 0 aliphatic rings. The van der Waals surface area contributed by atoms with Crippen LogP contribution in [0.15, 0.2) is 30.3 Å². The van der Waals surface area contributed by atoms with Crippen molar-refractivity contribution in [1.82, 2.24) is 4.98 Å². The fraction of sp³-hybridized carbons (Fsp3) is 0.214. The van der Waals surface area contributed by atoms with E-state index in [9.17, 15) is 4.39 Å². The minimum Gasteiger partial charge on any atom is -0.436 e. The molecule has 0 saturated heterocycles. The van der Waals surface area contributed by atoms with Crippen LogP contribution in [0.2, 0.25) is 5.02 Å². The summed E-state index contributed by atoms with van der Waals surface area (Å²) in [6.45, 7) is 2.36. The van der Waals surface area contributed by atoms with Gasteiger partial charge in [0.2, 0.25) is 5.88 Å². The molecular weight excluding hydrogens is 267 g/mol. The van der Waals surface area contributed by atoms with Crippen molar-refractivity contribution in [2.24, 2.45) is 5.73 Å². The lowest BCUT2D eigenvalue weighted by atomic mass is 10.2. The fourth-order valence-electron chi connectivity index (χ4n) is 1.65. The van der Waals surface area contributed by atoms with Crippen LogP contribution in [0.5, 0.6) is 11.6 Å². The van der Waals surface area contributed by atoms with Crippen LogP contribution in [0, 0.1) is 5.82 Å². The zero-order chi connectivity index (χ0) is 13.8. The Kier molecular flexibility index (Phi) is 4.35. The lowest BCUT2D eigenvalue weighted by molar-refractivity contribution is 0.425. The molecule has 2 N–H and O–H groups in total. The van der Waals surface area contributed by atoms with Gasteiger partial charge in [-0.15, -0.1) is 0 Å². The molecule has 3 nitrogen and oxygen atoms in total. The van der Waals surface area contributed by atoms with E-state index in [2.05, 4.69) is 4.98 Å². The summed E-state index contributed by atoms with van der Waals surface area (Å²) in [4.78, 5) is 4.28. The van der Waals surface area contributed by atoms with Crippen molar-refractivity contribution in [3.8, 4) is 11.6 Å². The minimum absolute atomic E-state index is 0.0168. The molecule has 1 aromatic carbocycles. The number of pyridine rings is 1. The van der Waals surface area contributed by atoms with E-state index in [0.29, 0.717) is 12.4 Å². The molecule has 0 atom stereocenters. The topological polar surface area (TPSA) is 48.1 Å². The van der Waals surface area contributed by atoms with Crippen LogP contribution in [0.4, 0.5) is 4.39 Å². The number of hydrogen-bond acceptors (Lipinski definition) is 3. The predicted molar refractivity (Wildman–Crippen MR) is 73.0 cm³/mol. The van der Waals surface area contributed by atoms with Crippen molar-refractivity contribution in [2.45, 2.75) is 19.9 Å². The number of benzene rings is 1. The molecule has 0 spiro atoms. The van der Waals surface area contributed by atoms with Gasteiger partial charge in [0.25, 0.3) is 0 Å². The van der Waals surface area contributed by atoms with Crippen LogP contribution >= 0.6 is 11.6 Å². The lowest BCUT2D eigenvalue weighted by Gasteiger charge is -2.09. The lowest BCUT2D eigenvalue weighted by Crippen LogP contribution is -2.01. The van der Waals surface area contributed by atoms with Crippen LogP contribution < -0.4 is 10.5 Å². The second-order valence-corrected chi connectivity index (χ2v) is 4.42. The molecule has 0 aliphatic heterocycles. The number of nitrogens with zero attached hydrogens (tertiary/aromatic N) is 1. The summed E-state index contributed by atoms with van der Waals surface area (Å²) in [7, 11) is 0. The highest BCUT2D eigenvalue weighted by atomic mass is 35.5. The second kappa shape index (κ2) is 5.99. The molecule has 0 fully saturated rings. The summed E-state index contributed by atoms with van der Waals surface area (Å²) in [6, 6.07) is 8.18. The Morgan fingerprint density at radius 2 is 2.16 bits per heavy atom. The summed E-state index contributed by atoms with van der Waals surface area (Å²) < 4.78 is 19.2. The van der Waals surface area contributed by atoms with E-state index in [4.69, 9.17) is 22.1 Å². The summed E-state index contributed by atoms with van der Waals surface area (Å²) in [5.41, 5.74) is 7.35. The average Bonchev–Trinajstić information content (AvgIpc) is 2.43. The summed E-state index contributed by atoms with van der Waals surface area (Å²) in [6.07, 6.45) is 0.752. The van der Waals surface area contributed by atoms with Gasteiger partial charge in [-0.25, -0.2) is 9.37 Å². The first-order chi connectivity index (χ1) is 9.13. The quantitative estimate of drug-likeness (QED) is 0.929. The highest BCUT2D eigenvalue weighted by Gasteiger charge is 2.10. The van der Waals surface area contributed by atoms with Crippen molar-refractivity contribution >= 4 is 11.6 Å². The van der Waals surface area contributed by atoms with Crippen LogP contribution in [0.3, 0.4) is 0 Å². The number of aromatic nitrogens is 1. The molecule has 0 amide bonds. The molecule has 2 aromatic rings. The fourth-order valence-corrected chi connectivity index (χ4v) is 1.81. The Labute approximate surface area is 116 Å². The summed E-state index contributed by atoms with van der Waals surface area (Å²) in [5.74, 6) is -0.223. The van der Waals surface area contributed by atoms with E-state index in [1.807, 2.05) is 13.0 Å². The number of ether oxygens (including phenoxy) is 1. The van der Waals surface area contributed by atoms with Gasteiger partial charge in [-0.1, -0.05) is 24.6 Å². The van der Waals surface area contributed by atoms with Crippen molar-refractivity contribution in [3.63, 3.8) is 0 Å². The van der Waals surface area contributed by atoms with E-state index in [1.54, 1.807) is 12.1 Å². The van der Waals surface area contributed by atoms with E-state index >= 15 is 0 Å². The van der Waals surface area contributed by atoms with Crippen LogP contribution in [0.1, 0.15) is 18.2 Å². The zero-order valence-corrected chi connectivity index (χ0v) is 11.2. The first-order valence-electron chi connectivity index (χ1n) is 5.95. The molecule has 5 heteroatoms. The van der Waals surface area contributed by atoms with E-state index < -0.39 is 5.82 Å². The molecular formula is C14H14ClFN2O. The number of halogens is 2. The standard InChI is InChI=1S/C14H14ClFN2O/c1-2-10-6-9(8-17)7-13(18-10)19-12-5-3-4-11(15)14(12)16/h3-7H,2,8,17H2,1H3. The van der Waals surface area contributed by atoms with Crippen molar-refractivity contribution in [3.05, 3.63) is 52.4 Å². The Balaban J connectivity index is 2.34. The van der Waals surface area contributed by atoms with E-state index in [1.165, 1.54) is 12.1 Å². The Hall–Kier alpha value is -1.65. The first kappa shape index (κ1) is 13.8. The van der Waals surface area contributed by atoms with Gasteiger partial charge < -0.3 is 10.5 Å². The van der Waals surface area contributed by atoms with Gasteiger partial charge in [0.1, 0.15) is 0 Å². The van der Waals surface area contributed by atoms with Crippen LogP contribution in [0.25, 0.3) is 0 Å². The van der Waals surface area contributed by atoms with Crippen molar-refractivity contribution in [1.29, 1.82) is 0 Å². The highest BCUT2D eigenvalue weighted by Crippen LogP contribution is 2.28. The predicted octanol–water partition coefficient (Wildman–Crippen LogP) is 3.69. The average molecular weight is 281 g/mol. The zero-order valence-electron chi connectivity index (χ0n) is 10.5. The Morgan fingerprint density at radius 1 is 1.37 bits per heavy atom. The molecule has 0 saturated carbocycles. The maximum Gasteiger partial charge on any atom is 0.219 e. The largest absolute Gasteiger partial charge is 0.436 e. The molecule has 0 unspecified atom stereocenters. The monoisotopic (exact) mass is 280 g/mol. The van der Waals surface area contributed by atoms with E-state index in [0.717, 1.165) is 17.7 Å². The Bertz CT molecular complexity index is 567. The van der Waals surface area contributed by atoms with Crippen LogP contribution in [-0.2, 0) is 13.0 Å². The second-order valence-electron chi connectivity index (χ2n) is 4.02. The molecule has 19 heavy (non-hydrogen) atoms. The minimum atomic E-state index is -0.595. The van der Waals surface area contributed by atoms with E-state index in [-0.39, 0.29) is 10.8 Å². The molecule has 100 valence electrons. The summed E-state index contributed by atoms with van der Waals surface area (Å²) in [5, 5.41) is 0.0168. The van der Waals surface area contributed by atoms with Gasteiger partial charge in [-0.2, -0.15) is 0 Å². The van der Waals surface area contributed by atoms with Gasteiger partial charge in [-0.05, 0) is 30.2 Å². The van der Waals surface area contributed by atoms with Gasteiger partial charge in [-0.3, -0.25) is 0 Å². The Morgan fingerprint density at radius 3 is 2.84 bits per heavy atom. The third-order valence-corrected chi connectivity index (χ3v) is 2.94. The van der Waals surface area contributed by atoms with Crippen molar-refractivity contribution < 1.29 is 9.13 Å². The maximum atomic E-state index is 13.7. The smallest absolute Gasteiger partial charge is 0.219 e. The van der Waals surface area contributed by atoms with Gasteiger partial charge in [0.15, 0.2) is 11.6 Å². The van der Waals surface area contributed by atoms with Crippen molar-refractivity contribution in [2.75, 3.05) is 0 Å². The third kappa shape index (κ3) is 3.22. The highest BCUT2D eigenvalue weighted by molar-refractivity contribution is 6.30. The molecule has 2 rings (SSSR count). The number of aryl methyl sites for hydroxylation is 1. The molecule has 0 radical (unpaired) electrons. The number of rotatable bonds is 4. The molecule has 0 aliphatic carbocycles. The molecule has 1 aromatic heterocycles. The molecule has 0 bridgehead atoms. The first-order valence-corrected chi connectivity index (χ1v) is 6.33. The van der Waals surface area contributed by atoms with Crippen LogP contribution in [-0.4, -0.2) is 4.98 Å². The summed E-state index contributed by atoms with van der Waals surface area (Å²) >= 11 is 5.70. The molecule has 1 heterocycles. The maximum absolute atomic E-state index is 13.7. The third-order valence-electron chi connectivity index (χ3n) is 2.64. The van der Waals surface area contributed by atoms with Gasteiger partial charge in [0, 0.05) is 18.3 Å². The number of hydrogen-bond donors (Lipinski definition) is 1. The van der Waals surface area contributed by atoms with Gasteiger partial charge >= 0.3 is 0 Å². The number of nitrogens with two attached hydrogens (primary N) is 1.